The molecule has 0 spiro atoms. The lowest BCUT2D eigenvalue weighted by Gasteiger charge is -2.17. The average Bonchev–Trinajstić information content (AvgIpc) is 2.39. The lowest BCUT2D eigenvalue weighted by atomic mass is 10.0. The van der Waals surface area contributed by atoms with Gasteiger partial charge in [-0.15, -0.1) is 0 Å². The first kappa shape index (κ1) is 16.9. The summed E-state index contributed by atoms with van der Waals surface area (Å²) in [6, 6.07) is 2.95. The summed E-state index contributed by atoms with van der Waals surface area (Å²) in [4.78, 5) is 23.3. The molecule has 5 nitrogen and oxygen atoms in total. The fourth-order valence-electron chi connectivity index (χ4n) is 1.91. The number of hydrogen-bond donors (Lipinski definition) is 2. The SMILES string of the molecule is CCOc1c(F)cccc1C(=O)N[C@H](CC(C)C)C(=O)O. The maximum atomic E-state index is 13.7. The molecule has 0 bridgehead atoms. The van der Waals surface area contributed by atoms with Crippen LogP contribution in [0.3, 0.4) is 0 Å². The predicted molar refractivity (Wildman–Crippen MR) is 75.9 cm³/mol. The molecule has 0 radical (unpaired) electrons. The van der Waals surface area contributed by atoms with Crippen molar-refractivity contribution in [2.75, 3.05) is 6.61 Å². The molecule has 0 aromatic heterocycles. The molecule has 6 heteroatoms. The van der Waals surface area contributed by atoms with Gasteiger partial charge in [0.05, 0.1) is 12.2 Å². The Bertz CT molecular complexity index is 516. The van der Waals surface area contributed by atoms with E-state index in [1.54, 1.807) is 6.92 Å². The highest BCUT2D eigenvalue weighted by Crippen LogP contribution is 2.23. The molecule has 1 aromatic rings. The minimum atomic E-state index is -1.12. The number of ether oxygens (including phenoxy) is 1. The molecule has 0 unspecified atom stereocenters. The second-order valence-corrected chi connectivity index (χ2v) is 5.04. The summed E-state index contributed by atoms with van der Waals surface area (Å²) in [7, 11) is 0. The number of benzene rings is 1. The largest absolute Gasteiger partial charge is 0.490 e. The third kappa shape index (κ3) is 4.73. The topological polar surface area (TPSA) is 75.6 Å². The van der Waals surface area contributed by atoms with Crippen LogP contribution in [-0.2, 0) is 4.79 Å². The van der Waals surface area contributed by atoms with E-state index < -0.39 is 23.7 Å². The molecule has 0 aliphatic rings. The smallest absolute Gasteiger partial charge is 0.326 e. The summed E-state index contributed by atoms with van der Waals surface area (Å²) in [5, 5.41) is 11.5. The Balaban J connectivity index is 2.97. The van der Waals surface area contributed by atoms with Crippen molar-refractivity contribution in [1.82, 2.24) is 5.32 Å². The van der Waals surface area contributed by atoms with Crippen LogP contribution in [0.1, 0.15) is 37.6 Å². The monoisotopic (exact) mass is 297 g/mol. The summed E-state index contributed by atoms with van der Waals surface area (Å²) in [6.07, 6.45) is 0.292. The number of nitrogens with one attached hydrogen (secondary N) is 1. The van der Waals surface area contributed by atoms with Crippen molar-refractivity contribution in [3.05, 3.63) is 29.6 Å². The number of carboxylic acids is 1. The molecular weight excluding hydrogens is 277 g/mol. The van der Waals surface area contributed by atoms with Crippen LogP contribution in [0.4, 0.5) is 4.39 Å². The van der Waals surface area contributed by atoms with Gasteiger partial charge >= 0.3 is 5.97 Å². The molecule has 0 saturated heterocycles. The van der Waals surface area contributed by atoms with Gasteiger partial charge in [-0.3, -0.25) is 4.79 Å². The van der Waals surface area contributed by atoms with Crippen LogP contribution in [0.25, 0.3) is 0 Å². The number of carboxylic acid groups (broad SMARTS) is 1. The predicted octanol–water partition coefficient (Wildman–Crippen LogP) is 2.45. The van der Waals surface area contributed by atoms with Crippen LogP contribution in [0.2, 0.25) is 0 Å². The molecule has 2 N–H and O–H groups in total. The summed E-state index contributed by atoms with van der Waals surface area (Å²) in [6.45, 7) is 5.59. The normalized spacial score (nSPS) is 12.0. The highest BCUT2D eigenvalue weighted by molar-refractivity contribution is 5.99. The first-order valence-corrected chi connectivity index (χ1v) is 6.81. The molecule has 21 heavy (non-hydrogen) atoms. The van der Waals surface area contributed by atoms with Crippen LogP contribution < -0.4 is 10.1 Å². The average molecular weight is 297 g/mol. The van der Waals surface area contributed by atoms with Crippen molar-refractivity contribution in [2.45, 2.75) is 33.2 Å². The van der Waals surface area contributed by atoms with Crippen molar-refractivity contribution >= 4 is 11.9 Å². The van der Waals surface area contributed by atoms with Crippen molar-refractivity contribution in [1.29, 1.82) is 0 Å². The minimum Gasteiger partial charge on any atom is -0.490 e. The highest BCUT2D eigenvalue weighted by atomic mass is 19.1. The Morgan fingerprint density at radius 3 is 2.57 bits per heavy atom. The van der Waals surface area contributed by atoms with E-state index in [1.165, 1.54) is 18.2 Å². The third-order valence-electron chi connectivity index (χ3n) is 2.81. The summed E-state index contributed by atoms with van der Waals surface area (Å²) in [5.41, 5.74) is -0.00754. The number of para-hydroxylation sites is 1. The summed E-state index contributed by atoms with van der Waals surface area (Å²) >= 11 is 0. The maximum absolute atomic E-state index is 13.7. The fourth-order valence-corrected chi connectivity index (χ4v) is 1.91. The zero-order valence-electron chi connectivity index (χ0n) is 12.4. The van der Waals surface area contributed by atoms with Crippen LogP contribution in [-0.4, -0.2) is 29.6 Å². The molecule has 0 fully saturated rings. The Kier molecular flexibility index (Phi) is 6.14. The maximum Gasteiger partial charge on any atom is 0.326 e. The Morgan fingerprint density at radius 1 is 1.38 bits per heavy atom. The second-order valence-electron chi connectivity index (χ2n) is 5.04. The lowest BCUT2D eigenvalue weighted by molar-refractivity contribution is -0.139. The number of hydrogen-bond acceptors (Lipinski definition) is 3. The number of amides is 1. The zero-order chi connectivity index (χ0) is 16.0. The van der Waals surface area contributed by atoms with Crippen molar-refractivity contribution in [2.24, 2.45) is 5.92 Å². The molecule has 0 heterocycles. The summed E-state index contributed by atoms with van der Waals surface area (Å²) in [5.74, 6) is -2.49. The molecule has 0 aliphatic heterocycles. The van der Waals surface area contributed by atoms with Gasteiger partial charge in [-0.1, -0.05) is 19.9 Å². The van der Waals surface area contributed by atoms with Gasteiger partial charge in [0.25, 0.3) is 5.91 Å². The first-order valence-electron chi connectivity index (χ1n) is 6.81. The quantitative estimate of drug-likeness (QED) is 0.810. The van der Waals surface area contributed by atoms with Gasteiger partial charge in [-0.25, -0.2) is 9.18 Å². The van der Waals surface area contributed by atoms with Crippen molar-refractivity contribution in [3.63, 3.8) is 0 Å². The van der Waals surface area contributed by atoms with Crippen LogP contribution in [0, 0.1) is 11.7 Å². The van der Waals surface area contributed by atoms with E-state index in [0.29, 0.717) is 6.42 Å². The molecule has 1 rings (SSSR count). The minimum absolute atomic E-state index is 0.00754. The van der Waals surface area contributed by atoms with Gasteiger partial charge in [-0.2, -0.15) is 0 Å². The Labute approximate surface area is 123 Å². The van der Waals surface area contributed by atoms with E-state index in [4.69, 9.17) is 9.84 Å². The van der Waals surface area contributed by atoms with Gasteiger partial charge in [0, 0.05) is 0 Å². The van der Waals surface area contributed by atoms with Crippen LogP contribution in [0.5, 0.6) is 5.75 Å². The number of rotatable bonds is 7. The van der Waals surface area contributed by atoms with E-state index in [1.807, 2.05) is 13.8 Å². The molecule has 0 aliphatic carbocycles. The second kappa shape index (κ2) is 7.61. The molecule has 0 saturated carbocycles. The van der Waals surface area contributed by atoms with E-state index in [9.17, 15) is 14.0 Å². The highest BCUT2D eigenvalue weighted by Gasteiger charge is 2.24. The van der Waals surface area contributed by atoms with E-state index in [0.717, 1.165) is 0 Å². The number of aliphatic carboxylic acids is 1. The van der Waals surface area contributed by atoms with Gasteiger partial charge < -0.3 is 15.2 Å². The van der Waals surface area contributed by atoms with Gasteiger partial charge in [0.2, 0.25) is 0 Å². The van der Waals surface area contributed by atoms with Gasteiger partial charge in [-0.05, 0) is 31.4 Å². The van der Waals surface area contributed by atoms with E-state index in [-0.39, 0.29) is 23.8 Å². The number of carbonyl (C=O) groups is 2. The van der Waals surface area contributed by atoms with Crippen molar-refractivity contribution < 1.29 is 23.8 Å². The first-order chi connectivity index (χ1) is 9.86. The molecule has 1 amide bonds. The molecule has 1 aromatic carbocycles. The Morgan fingerprint density at radius 2 is 2.05 bits per heavy atom. The van der Waals surface area contributed by atoms with E-state index >= 15 is 0 Å². The number of carbonyl (C=O) groups excluding carboxylic acids is 1. The van der Waals surface area contributed by atoms with Gasteiger partial charge in [0.1, 0.15) is 6.04 Å². The lowest BCUT2D eigenvalue weighted by Crippen LogP contribution is -2.41. The van der Waals surface area contributed by atoms with E-state index in [2.05, 4.69) is 5.32 Å². The van der Waals surface area contributed by atoms with Crippen molar-refractivity contribution in [3.8, 4) is 5.75 Å². The van der Waals surface area contributed by atoms with Crippen LogP contribution in [0.15, 0.2) is 18.2 Å². The third-order valence-corrected chi connectivity index (χ3v) is 2.81. The Hall–Kier alpha value is -2.11. The summed E-state index contributed by atoms with van der Waals surface area (Å²) < 4.78 is 18.8. The molecule has 116 valence electrons. The molecular formula is C15H20FNO4. The standard InChI is InChI=1S/C15H20FNO4/c1-4-21-13-10(6-5-7-11(13)16)14(18)17-12(15(19)20)8-9(2)3/h5-7,9,12H,4,8H2,1-3H3,(H,17,18)(H,19,20)/t12-/m1/s1. The van der Waals surface area contributed by atoms with Gasteiger partial charge in [0.15, 0.2) is 11.6 Å². The zero-order valence-corrected chi connectivity index (χ0v) is 12.4. The fraction of sp³-hybridized carbons (Fsp3) is 0.467. The molecule has 1 atom stereocenters. The number of halogens is 1. The van der Waals surface area contributed by atoms with Crippen LogP contribution >= 0.6 is 0 Å².